The minimum absolute atomic E-state index is 0.0790. The van der Waals surface area contributed by atoms with E-state index in [2.05, 4.69) is 45.4 Å². The fourth-order valence-corrected chi connectivity index (χ4v) is 2.05. The molecule has 1 heterocycles. The van der Waals surface area contributed by atoms with Gasteiger partial charge >= 0.3 is 0 Å². The van der Waals surface area contributed by atoms with Crippen LogP contribution in [0, 0.1) is 0 Å². The zero-order valence-electron chi connectivity index (χ0n) is 9.05. The van der Waals surface area contributed by atoms with Crippen LogP contribution in [0.3, 0.4) is 0 Å². The van der Waals surface area contributed by atoms with Crippen LogP contribution >= 0.6 is 11.7 Å². The van der Waals surface area contributed by atoms with E-state index < -0.39 is 0 Å². The number of nitrogens with one attached hydrogen (secondary N) is 1. The molecule has 3 N–H and O–H groups in total. The second kappa shape index (κ2) is 5.16. The van der Waals surface area contributed by atoms with Crippen LogP contribution in [0.1, 0.15) is 29.8 Å². The number of hydrogen-bond acceptors (Lipinski definition) is 5. The van der Waals surface area contributed by atoms with E-state index in [4.69, 9.17) is 5.84 Å². The van der Waals surface area contributed by atoms with E-state index in [-0.39, 0.29) is 6.04 Å². The summed E-state index contributed by atoms with van der Waals surface area (Å²) in [5, 5.41) is 0. The number of aromatic nitrogens is 2. The van der Waals surface area contributed by atoms with Crippen molar-refractivity contribution in [3.63, 3.8) is 0 Å². The average Bonchev–Trinajstić information content (AvgIpc) is 2.85. The number of benzene rings is 1. The topological polar surface area (TPSA) is 63.8 Å². The van der Waals surface area contributed by atoms with Gasteiger partial charge in [-0.1, -0.05) is 31.2 Å². The normalized spacial score (nSPS) is 12.6. The number of nitrogens with zero attached hydrogens (tertiary/aromatic N) is 2. The summed E-state index contributed by atoms with van der Waals surface area (Å²) in [5.41, 5.74) is 6.04. The average molecular weight is 234 g/mol. The maximum absolute atomic E-state index is 5.55. The molecule has 2 aromatic rings. The third kappa shape index (κ3) is 2.27. The van der Waals surface area contributed by atoms with E-state index in [1.54, 1.807) is 6.20 Å². The van der Waals surface area contributed by atoms with E-state index in [0.717, 1.165) is 17.7 Å². The van der Waals surface area contributed by atoms with Crippen LogP contribution in [0.15, 0.2) is 30.5 Å². The lowest BCUT2D eigenvalue weighted by atomic mass is 10.0. The lowest BCUT2D eigenvalue weighted by molar-refractivity contribution is 0.625. The molecule has 0 amide bonds. The first-order valence-electron chi connectivity index (χ1n) is 5.17. The molecule has 0 spiro atoms. The Balaban J connectivity index is 2.27. The van der Waals surface area contributed by atoms with Crippen molar-refractivity contribution < 1.29 is 0 Å². The van der Waals surface area contributed by atoms with Crippen LogP contribution in [0.25, 0.3) is 0 Å². The van der Waals surface area contributed by atoms with Gasteiger partial charge in [0.2, 0.25) is 0 Å². The number of rotatable bonds is 4. The summed E-state index contributed by atoms with van der Waals surface area (Å²) in [7, 11) is 0. The second-order valence-corrected chi connectivity index (χ2v) is 4.08. The van der Waals surface area contributed by atoms with Gasteiger partial charge < -0.3 is 0 Å². The standard InChI is InChI=1S/C11H14N4S/c1-2-8-3-5-9(6-4-8)11(14-12)10-7-13-16-15-10/h3-7,11,14H,2,12H2,1H3. The van der Waals surface area contributed by atoms with Crippen LogP contribution < -0.4 is 11.3 Å². The molecule has 0 saturated carbocycles. The summed E-state index contributed by atoms with van der Waals surface area (Å²) in [6.07, 6.45) is 2.78. The third-order valence-corrected chi connectivity index (χ3v) is 3.05. The summed E-state index contributed by atoms with van der Waals surface area (Å²) >= 11 is 1.19. The molecule has 4 nitrogen and oxygen atoms in total. The van der Waals surface area contributed by atoms with Crippen LogP contribution in [-0.4, -0.2) is 8.75 Å². The Bertz CT molecular complexity index is 424. The van der Waals surface area contributed by atoms with Crippen molar-refractivity contribution >= 4 is 11.7 Å². The van der Waals surface area contributed by atoms with Crippen molar-refractivity contribution in [2.45, 2.75) is 19.4 Å². The fraction of sp³-hybridized carbons (Fsp3) is 0.273. The second-order valence-electron chi connectivity index (χ2n) is 3.53. The van der Waals surface area contributed by atoms with E-state index in [1.807, 2.05) is 0 Å². The van der Waals surface area contributed by atoms with Crippen molar-refractivity contribution in [1.82, 2.24) is 14.2 Å². The highest BCUT2D eigenvalue weighted by atomic mass is 32.1. The molecule has 0 aliphatic carbocycles. The van der Waals surface area contributed by atoms with Gasteiger partial charge in [-0.3, -0.25) is 5.84 Å². The minimum atomic E-state index is -0.0790. The lowest BCUT2D eigenvalue weighted by Crippen LogP contribution is -2.29. The van der Waals surface area contributed by atoms with Gasteiger partial charge in [-0.05, 0) is 17.5 Å². The molecular formula is C11H14N4S. The Hall–Kier alpha value is -1.30. The Labute approximate surface area is 98.8 Å². The molecule has 1 unspecified atom stereocenters. The predicted molar refractivity (Wildman–Crippen MR) is 64.9 cm³/mol. The maximum Gasteiger partial charge on any atom is 0.0970 e. The molecule has 5 heteroatoms. The van der Waals surface area contributed by atoms with Crippen molar-refractivity contribution in [2.75, 3.05) is 0 Å². The number of nitrogens with two attached hydrogens (primary N) is 1. The molecule has 1 aromatic carbocycles. The van der Waals surface area contributed by atoms with E-state index >= 15 is 0 Å². The van der Waals surface area contributed by atoms with Gasteiger partial charge in [0.25, 0.3) is 0 Å². The first kappa shape index (κ1) is 11.2. The molecule has 0 fully saturated rings. The van der Waals surface area contributed by atoms with Crippen LogP contribution in [-0.2, 0) is 6.42 Å². The predicted octanol–water partition coefficient (Wildman–Crippen LogP) is 1.65. The zero-order valence-corrected chi connectivity index (χ0v) is 9.87. The van der Waals surface area contributed by atoms with Gasteiger partial charge in [-0.2, -0.15) is 8.75 Å². The van der Waals surface area contributed by atoms with Gasteiger partial charge in [0.1, 0.15) is 0 Å². The van der Waals surface area contributed by atoms with E-state index in [9.17, 15) is 0 Å². The largest absolute Gasteiger partial charge is 0.271 e. The van der Waals surface area contributed by atoms with E-state index in [1.165, 1.54) is 17.3 Å². The first-order chi connectivity index (χ1) is 7.85. The first-order valence-corrected chi connectivity index (χ1v) is 5.90. The lowest BCUT2D eigenvalue weighted by Gasteiger charge is -2.13. The Morgan fingerprint density at radius 1 is 1.38 bits per heavy atom. The molecule has 1 atom stereocenters. The molecule has 0 saturated heterocycles. The smallest absolute Gasteiger partial charge is 0.0970 e. The molecule has 84 valence electrons. The molecule has 16 heavy (non-hydrogen) atoms. The Kier molecular flexibility index (Phi) is 3.61. The summed E-state index contributed by atoms with van der Waals surface area (Å²) in [6.45, 7) is 2.14. The highest BCUT2D eigenvalue weighted by molar-refractivity contribution is 6.99. The van der Waals surface area contributed by atoms with Gasteiger partial charge in [-0.15, -0.1) is 0 Å². The number of hydrazine groups is 1. The monoisotopic (exact) mass is 234 g/mol. The summed E-state index contributed by atoms with van der Waals surface area (Å²) in [6, 6.07) is 8.29. The molecular weight excluding hydrogens is 220 g/mol. The van der Waals surface area contributed by atoms with Crippen LogP contribution in [0.2, 0.25) is 0 Å². The number of hydrogen-bond donors (Lipinski definition) is 2. The fourth-order valence-electron chi connectivity index (χ4n) is 1.60. The molecule has 0 aliphatic heterocycles. The number of aryl methyl sites for hydroxylation is 1. The summed E-state index contributed by atoms with van der Waals surface area (Å²) in [4.78, 5) is 0. The van der Waals surface area contributed by atoms with Gasteiger partial charge in [-0.25, -0.2) is 5.43 Å². The van der Waals surface area contributed by atoms with Crippen molar-refractivity contribution in [3.8, 4) is 0 Å². The maximum atomic E-state index is 5.55. The third-order valence-electron chi connectivity index (χ3n) is 2.56. The van der Waals surface area contributed by atoms with Crippen LogP contribution in [0.5, 0.6) is 0 Å². The van der Waals surface area contributed by atoms with Gasteiger partial charge in [0.15, 0.2) is 0 Å². The molecule has 0 radical (unpaired) electrons. The van der Waals surface area contributed by atoms with Gasteiger partial charge in [0, 0.05) is 0 Å². The van der Waals surface area contributed by atoms with Crippen molar-refractivity contribution in [1.29, 1.82) is 0 Å². The SMILES string of the molecule is CCc1ccc(C(NN)c2cnsn2)cc1. The minimum Gasteiger partial charge on any atom is -0.271 e. The van der Waals surface area contributed by atoms with Gasteiger partial charge in [0.05, 0.1) is 29.7 Å². The zero-order chi connectivity index (χ0) is 11.4. The quantitative estimate of drug-likeness (QED) is 0.623. The Morgan fingerprint density at radius 2 is 2.12 bits per heavy atom. The molecule has 2 rings (SSSR count). The molecule has 1 aromatic heterocycles. The Morgan fingerprint density at radius 3 is 2.62 bits per heavy atom. The summed E-state index contributed by atoms with van der Waals surface area (Å²) in [5.74, 6) is 5.55. The molecule has 0 aliphatic rings. The van der Waals surface area contributed by atoms with Crippen molar-refractivity contribution in [3.05, 3.63) is 47.3 Å². The van der Waals surface area contributed by atoms with Crippen LogP contribution in [0.4, 0.5) is 0 Å². The van der Waals surface area contributed by atoms with E-state index in [0.29, 0.717) is 0 Å². The summed E-state index contributed by atoms with van der Waals surface area (Å²) < 4.78 is 8.18. The molecule has 0 bridgehead atoms. The highest BCUT2D eigenvalue weighted by Crippen LogP contribution is 2.20. The van der Waals surface area contributed by atoms with Crippen molar-refractivity contribution in [2.24, 2.45) is 5.84 Å². The highest BCUT2D eigenvalue weighted by Gasteiger charge is 2.14.